The maximum atomic E-state index is 12.9. The number of nitrogens with one attached hydrogen (secondary N) is 2. The highest BCUT2D eigenvalue weighted by molar-refractivity contribution is 5.74. The van der Waals surface area contributed by atoms with Crippen LogP contribution in [0.3, 0.4) is 0 Å². The van der Waals surface area contributed by atoms with Crippen LogP contribution in [-0.2, 0) is 27.4 Å². The average Bonchev–Trinajstić information content (AvgIpc) is 3.17. The van der Waals surface area contributed by atoms with Crippen molar-refractivity contribution in [3.63, 3.8) is 0 Å². The first-order valence-electron chi connectivity index (χ1n) is 12.0. The van der Waals surface area contributed by atoms with Gasteiger partial charge in [0.05, 0.1) is 19.8 Å². The Morgan fingerprint density at radius 2 is 1.70 bits per heavy atom. The number of hydrogen-bond acceptors (Lipinski definition) is 6. The molecule has 1 aromatic heterocycles. The first-order chi connectivity index (χ1) is 17.7. The number of guanidine groups is 1. The minimum Gasteiger partial charge on any atom is -0.374 e. The summed E-state index contributed by atoms with van der Waals surface area (Å²) in [6.45, 7) is 4.26. The fourth-order valence-electron chi connectivity index (χ4n) is 4.57. The normalized spacial score (nSPS) is 23.2. The molecular formula is C27H33N5O5. The highest BCUT2D eigenvalue weighted by Gasteiger charge is 2.56. The summed E-state index contributed by atoms with van der Waals surface area (Å²) in [5.41, 5.74) is 6.10. The summed E-state index contributed by atoms with van der Waals surface area (Å²) in [6, 6.07) is 18.8. The second-order valence-corrected chi connectivity index (χ2v) is 9.48. The molecule has 0 spiro atoms. The van der Waals surface area contributed by atoms with Crippen LogP contribution in [0, 0.1) is 12.3 Å². The number of nitrogens with two attached hydrogens (primary N) is 1. The van der Waals surface area contributed by atoms with Crippen LogP contribution in [0.5, 0.6) is 0 Å². The number of likely N-dealkylation sites (N-methyl/N-ethyl adjacent to an activating group) is 1. The predicted octanol–water partition coefficient (Wildman–Crippen LogP) is 2.13. The van der Waals surface area contributed by atoms with Gasteiger partial charge in [0.25, 0.3) is 5.56 Å². The van der Waals surface area contributed by atoms with Crippen LogP contribution in [0.4, 0.5) is 0 Å². The Morgan fingerprint density at radius 3 is 2.30 bits per heavy atom. The number of rotatable bonds is 9. The summed E-state index contributed by atoms with van der Waals surface area (Å²) >= 11 is 0. The van der Waals surface area contributed by atoms with Crippen LogP contribution < -0.4 is 17.0 Å². The van der Waals surface area contributed by atoms with Crippen LogP contribution in [0.15, 0.2) is 76.4 Å². The third-order valence-corrected chi connectivity index (χ3v) is 6.61. The van der Waals surface area contributed by atoms with E-state index in [1.165, 1.54) is 15.7 Å². The maximum Gasteiger partial charge on any atom is 0.330 e. The Hall–Kier alpha value is -3.73. The van der Waals surface area contributed by atoms with Crippen molar-refractivity contribution < 1.29 is 14.2 Å². The molecule has 0 bridgehead atoms. The third kappa shape index (κ3) is 5.82. The summed E-state index contributed by atoms with van der Waals surface area (Å²) in [7, 11) is 1.66. The molecule has 0 amide bonds. The topological polar surface area (TPSA) is 136 Å². The van der Waals surface area contributed by atoms with Gasteiger partial charge in [-0.2, -0.15) is 0 Å². The molecule has 1 aliphatic rings. The molecule has 2 unspecified atom stereocenters. The molecule has 3 aromatic rings. The number of H-pyrrole nitrogens is 1. The second-order valence-electron chi connectivity index (χ2n) is 9.48. The van der Waals surface area contributed by atoms with E-state index in [0.29, 0.717) is 12.2 Å². The number of ether oxygens (including phenoxy) is 3. The molecule has 0 saturated carbocycles. The molecule has 1 saturated heterocycles. The van der Waals surface area contributed by atoms with Crippen LogP contribution >= 0.6 is 0 Å². The molecule has 0 radical (unpaired) electrons. The molecular weight excluding hydrogens is 474 g/mol. The van der Waals surface area contributed by atoms with Gasteiger partial charge in [-0.3, -0.25) is 19.8 Å². The summed E-state index contributed by atoms with van der Waals surface area (Å²) in [6.07, 6.45) is -0.109. The summed E-state index contributed by atoms with van der Waals surface area (Å²) in [5.74, 6) is -0.212. The van der Waals surface area contributed by atoms with E-state index in [9.17, 15) is 9.59 Å². The Bertz CT molecular complexity index is 1330. The quantitative estimate of drug-likeness (QED) is 0.298. The van der Waals surface area contributed by atoms with Gasteiger partial charge in [-0.05, 0) is 25.0 Å². The van der Waals surface area contributed by atoms with Crippen molar-refractivity contribution in [2.75, 3.05) is 13.7 Å². The van der Waals surface area contributed by atoms with Crippen molar-refractivity contribution in [3.05, 3.63) is 104 Å². The minimum absolute atomic E-state index is 0.150. The van der Waals surface area contributed by atoms with E-state index in [0.717, 1.165) is 11.1 Å². The molecule has 1 aliphatic heterocycles. The van der Waals surface area contributed by atoms with Crippen molar-refractivity contribution >= 4 is 5.96 Å². The first-order valence-corrected chi connectivity index (χ1v) is 12.0. The van der Waals surface area contributed by atoms with E-state index in [2.05, 4.69) is 4.98 Å². The number of aromatic amines is 1. The monoisotopic (exact) mass is 507 g/mol. The van der Waals surface area contributed by atoms with Gasteiger partial charge < -0.3 is 24.8 Å². The van der Waals surface area contributed by atoms with Gasteiger partial charge in [0.2, 0.25) is 0 Å². The minimum atomic E-state index is -1.02. The molecule has 2 aromatic carbocycles. The fraction of sp³-hybridized carbons (Fsp3) is 0.370. The summed E-state index contributed by atoms with van der Waals surface area (Å²) < 4.78 is 20.4. The second kappa shape index (κ2) is 11.1. The lowest BCUT2D eigenvalue weighted by Gasteiger charge is -2.35. The largest absolute Gasteiger partial charge is 0.374 e. The molecule has 4 atom stereocenters. The van der Waals surface area contributed by atoms with Gasteiger partial charge in [-0.25, -0.2) is 4.79 Å². The summed E-state index contributed by atoms with van der Waals surface area (Å²) in [5, 5.41) is 8.13. The van der Waals surface area contributed by atoms with Gasteiger partial charge in [0, 0.05) is 18.8 Å². The number of aryl methyl sites for hydroxylation is 1. The highest BCUT2D eigenvalue weighted by atomic mass is 16.6. The lowest BCUT2D eigenvalue weighted by atomic mass is 9.95. The zero-order chi connectivity index (χ0) is 26.6. The molecule has 196 valence electrons. The molecule has 37 heavy (non-hydrogen) atoms. The summed E-state index contributed by atoms with van der Waals surface area (Å²) in [4.78, 5) is 28.8. The Balaban J connectivity index is 1.70. The Kier molecular flexibility index (Phi) is 7.91. The van der Waals surface area contributed by atoms with E-state index >= 15 is 0 Å². The van der Waals surface area contributed by atoms with Crippen molar-refractivity contribution in [2.24, 2.45) is 5.73 Å². The highest BCUT2D eigenvalue weighted by Crippen LogP contribution is 2.41. The van der Waals surface area contributed by atoms with Crippen molar-refractivity contribution in [1.82, 2.24) is 14.5 Å². The number of hydrogen-bond donors (Lipinski definition) is 3. The van der Waals surface area contributed by atoms with Gasteiger partial charge in [-0.15, -0.1) is 0 Å². The molecule has 10 nitrogen and oxygen atoms in total. The lowest BCUT2D eigenvalue weighted by molar-refractivity contribution is -0.146. The number of benzene rings is 2. The van der Waals surface area contributed by atoms with Gasteiger partial charge in [-0.1, -0.05) is 60.7 Å². The predicted molar refractivity (Wildman–Crippen MR) is 139 cm³/mol. The van der Waals surface area contributed by atoms with E-state index in [4.69, 9.17) is 25.4 Å². The van der Waals surface area contributed by atoms with Crippen molar-refractivity contribution in [2.45, 2.75) is 51.0 Å². The lowest BCUT2D eigenvalue weighted by Crippen LogP contribution is -2.54. The van der Waals surface area contributed by atoms with Gasteiger partial charge in [0.15, 0.2) is 12.2 Å². The smallest absolute Gasteiger partial charge is 0.330 e. The van der Waals surface area contributed by atoms with Crippen LogP contribution in [0.1, 0.15) is 29.8 Å². The molecule has 1 fully saturated rings. The van der Waals surface area contributed by atoms with E-state index in [1.807, 2.05) is 67.6 Å². The van der Waals surface area contributed by atoms with Crippen molar-refractivity contribution in [1.29, 1.82) is 5.41 Å². The number of aromatic nitrogens is 2. The molecule has 4 N–H and O–H groups in total. The van der Waals surface area contributed by atoms with Crippen molar-refractivity contribution in [3.8, 4) is 0 Å². The zero-order valence-corrected chi connectivity index (χ0v) is 21.2. The van der Waals surface area contributed by atoms with E-state index in [1.54, 1.807) is 14.0 Å². The fourth-order valence-corrected chi connectivity index (χ4v) is 4.57. The Labute approximate surface area is 215 Å². The average molecular weight is 508 g/mol. The van der Waals surface area contributed by atoms with Crippen LogP contribution in [0.25, 0.3) is 0 Å². The first kappa shape index (κ1) is 26.3. The van der Waals surface area contributed by atoms with Gasteiger partial charge >= 0.3 is 5.69 Å². The molecule has 0 aliphatic carbocycles. The van der Waals surface area contributed by atoms with Crippen LogP contribution in [0.2, 0.25) is 0 Å². The number of nitrogens with zero attached hydrogens (tertiary/aromatic N) is 2. The van der Waals surface area contributed by atoms with Gasteiger partial charge in [0.1, 0.15) is 17.7 Å². The zero-order valence-electron chi connectivity index (χ0n) is 21.2. The SMILES string of the molecule is Cc1cn(C2O[C@](C)(COCc3ccccc3)C(OCc3ccccc3)[C@@H]2N(C)C(=N)N)c(=O)[nH]c1=O. The molecule has 4 rings (SSSR count). The van der Waals surface area contributed by atoms with E-state index in [-0.39, 0.29) is 19.2 Å². The standard InChI is InChI=1S/C27H33N5O5/c1-18-14-32(26(34)30-23(18)33)24-21(31(3)25(28)29)22(36-16-20-12-8-5-9-13-20)27(2,37-24)17-35-15-19-10-6-4-7-11-19/h4-14,21-22,24H,15-17H2,1-3H3,(H3,28,29)(H,30,33,34)/t21-,22?,24?,27+/m0/s1. The third-order valence-electron chi connectivity index (χ3n) is 6.61. The van der Waals surface area contributed by atoms with Crippen LogP contribution in [-0.4, -0.2) is 51.8 Å². The molecule has 10 heteroatoms. The molecule has 2 heterocycles. The van der Waals surface area contributed by atoms with E-state index < -0.39 is 35.2 Å². The maximum absolute atomic E-state index is 12.9. The Morgan fingerprint density at radius 1 is 1.11 bits per heavy atom.